The average molecular weight is 239 g/mol. The predicted molar refractivity (Wildman–Crippen MR) is 64.6 cm³/mol. The van der Waals surface area contributed by atoms with E-state index in [1.807, 2.05) is 0 Å². The third-order valence-electron chi connectivity index (χ3n) is 3.75. The molecule has 2 N–H and O–H groups in total. The van der Waals surface area contributed by atoms with E-state index in [-0.39, 0.29) is 18.0 Å². The van der Waals surface area contributed by atoms with Crippen molar-refractivity contribution in [2.75, 3.05) is 13.6 Å². The molecule has 2 rings (SSSR count). The van der Waals surface area contributed by atoms with Gasteiger partial charge in [-0.05, 0) is 38.5 Å². The first-order chi connectivity index (χ1) is 8.22. The van der Waals surface area contributed by atoms with E-state index in [4.69, 9.17) is 0 Å². The molecule has 0 aromatic rings. The number of piperidine rings is 1. The number of rotatable bonds is 2. The second-order valence-corrected chi connectivity index (χ2v) is 4.90. The van der Waals surface area contributed by atoms with Gasteiger partial charge in [0.1, 0.15) is 6.04 Å². The Morgan fingerprint density at radius 3 is 2.47 bits per heavy atom. The third-order valence-corrected chi connectivity index (χ3v) is 3.75. The van der Waals surface area contributed by atoms with Crippen molar-refractivity contribution in [3.8, 4) is 0 Å². The molecule has 1 unspecified atom stereocenters. The third kappa shape index (κ3) is 2.70. The molecule has 1 saturated heterocycles. The van der Waals surface area contributed by atoms with Crippen molar-refractivity contribution in [1.29, 1.82) is 0 Å². The SMILES string of the molecule is CNC(=O)C1CCCCN1C(=O)NC1CCC1. The van der Waals surface area contributed by atoms with Crippen LogP contribution in [0.5, 0.6) is 0 Å². The fourth-order valence-corrected chi connectivity index (χ4v) is 2.42. The Labute approximate surface area is 102 Å². The summed E-state index contributed by atoms with van der Waals surface area (Å²) in [5.74, 6) is -0.0477. The van der Waals surface area contributed by atoms with Gasteiger partial charge < -0.3 is 15.5 Å². The first kappa shape index (κ1) is 12.2. The number of urea groups is 1. The summed E-state index contributed by atoms with van der Waals surface area (Å²) in [7, 11) is 1.62. The maximum Gasteiger partial charge on any atom is 0.318 e. The van der Waals surface area contributed by atoms with Crippen LogP contribution < -0.4 is 10.6 Å². The van der Waals surface area contributed by atoms with Crippen molar-refractivity contribution in [2.45, 2.75) is 50.6 Å². The molecule has 1 aliphatic heterocycles. The Bertz CT molecular complexity index is 302. The number of amides is 3. The Hall–Kier alpha value is -1.26. The number of nitrogens with one attached hydrogen (secondary N) is 2. The maximum atomic E-state index is 12.1. The van der Waals surface area contributed by atoms with Crippen molar-refractivity contribution in [1.82, 2.24) is 15.5 Å². The van der Waals surface area contributed by atoms with Crippen LogP contribution in [-0.4, -0.2) is 42.5 Å². The van der Waals surface area contributed by atoms with Gasteiger partial charge in [0.25, 0.3) is 0 Å². The van der Waals surface area contributed by atoms with Crippen molar-refractivity contribution in [3.05, 3.63) is 0 Å². The minimum Gasteiger partial charge on any atom is -0.357 e. The molecule has 0 aromatic heterocycles. The summed E-state index contributed by atoms with van der Waals surface area (Å²) in [5, 5.41) is 5.64. The number of likely N-dealkylation sites (N-methyl/N-ethyl adjacent to an activating group) is 1. The molecule has 3 amide bonds. The van der Waals surface area contributed by atoms with Crippen LogP contribution in [0.3, 0.4) is 0 Å². The molecule has 1 aliphatic carbocycles. The summed E-state index contributed by atoms with van der Waals surface area (Å²) in [6, 6.07) is -0.0217. The number of hydrogen-bond donors (Lipinski definition) is 2. The topological polar surface area (TPSA) is 61.4 Å². The number of likely N-dealkylation sites (tertiary alicyclic amines) is 1. The van der Waals surface area contributed by atoms with E-state index >= 15 is 0 Å². The molecular weight excluding hydrogens is 218 g/mol. The second-order valence-electron chi connectivity index (χ2n) is 4.90. The minimum absolute atomic E-state index is 0.0477. The highest BCUT2D eigenvalue weighted by Gasteiger charge is 2.33. The van der Waals surface area contributed by atoms with Crippen LogP contribution in [0.4, 0.5) is 4.79 Å². The molecule has 0 bridgehead atoms. The monoisotopic (exact) mass is 239 g/mol. The largest absolute Gasteiger partial charge is 0.357 e. The van der Waals surface area contributed by atoms with Gasteiger partial charge in [0, 0.05) is 19.6 Å². The van der Waals surface area contributed by atoms with Crippen molar-refractivity contribution >= 4 is 11.9 Å². The molecule has 17 heavy (non-hydrogen) atoms. The van der Waals surface area contributed by atoms with E-state index in [9.17, 15) is 9.59 Å². The summed E-state index contributed by atoms with van der Waals surface area (Å²) < 4.78 is 0. The zero-order valence-corrected chi connectivity index (χ0v) is 10.4. The van der Waals surface area contributed by atoms with Crippen LogP contribution >= 0.6 is 0 Å². The molecule has 0 radical (unpaired) electrons. The van der Waals surface area contributed by atoms with Gasteiger partial charge >= 0.3 is 6.03 Å². The summed E-state index contributed by atoms with van der Waals surface area (Å²) in [5.41, 5.74) is 0. The van der Waals surface area contributed by atoms with E-state index < -0.39 is 0 Å². The number of carbonyl (C=O) groups excluding carboxylic acids is 2. The van der Waals surface area contributed by atoms with E-state index in [1.54, 1.807) is 11.9 Å². The molecule has 1 atom stereocenters. The van der Waals surface area contributed by atoms with Gasteiger partial charge in [-0.3, -0.25) is 4.79 Å². The lowest BCUT2D eigenvalue weighted by atomic mass is 9.93. The summed E-state index contributed by atoms with van der Waals surface area (Å²) in [6.45, 7) is 0.691. The van der Waals surface area contributed by atoms with Crippen LogP contribution in [0.1, 0.15) is 38.5 Å². The zero-order valence-electron chi connectivity index (χ0n) is 10.4. The standard InChI is InChI=1S/C12H21N3O2/c1-13-11(16)10-7-2-3-8-15(10)12(17)14-9-5-4-6-9/h9-10H,2-8H2,1H3,(H,13,16)(H,14,17). The number of hydrogen-bond acceptors (Lipinski definition) is 2. The second kappa shape index (κ2) is 5.38. The first-order valence-corrected chi connectivity index (χ1v) is 6.51. The van der Waals surface area contributed by atoms with Crippen LogP contribution in [-0.2, 0) is 4.79 Å². The van der Waals surface area contributed by atoms with E-state index in [1.165, 1.54) is 6.42 Å². The Balaban J connectivity index is 1.94. The van der Waals surface area contributed by atoms with Gasteiger partial charge in [0.2, 0.25) is 5.91 Å². The fraction of sp³-hybridized carbons (Fsp3) is 0.833. The summed E-state index contributed by atoms with van der Waals surface area (Å²) in [6.07, 6.45) is 6.13. The Morgan fingerprint density at radius 1 is 1.12 bits per heavy atom. The summed E-state index contributed by atoms with van der Waals surface area (Å²) in [4.78, 5) is 25.5. The first-order valence-electron chi connectivity index (χ1n) is 6.51. The van der Waals surface area contributed by atoms with Crippen LogP contribution in [0, 0.1) is 0 Å². The summed E-state index contributed by atoms with van der Waals surface area (Å²) >= 11 is 0. The quantitative estimate of drug-likeness (QED) is 0.750. The highest BCUT2D eigenvalue weighted by atomic mass is 16.2. The lowest BCUT2D eigenvalue weighted by molar-refractivity contribution is -0.125. The fourth-order valence-electron chi connectivity index (χ4n) is 2.42. The van der Waals surface area contributed by atoms with Gasteiger partial charge in [0.15, 0.2) is 0 Å². The van der Waals surface area contributed by atoms with Crippen LogP contribution in [0.25, 0.3) is 0 Å². The highest BCUT2D eigenvalue weighted by molar-refractivity contribution is 5.87. The molecule has 2 aliphatic rings. The smallest absolute Gasteiger partial charge is 0.318 e. The number of nitrogens with zero attached hydrogens (tertiary/aromatic N) is 1. The highest BCUT2D eigenvalue weighted by Crippen LogP contribution is 2.21. The average Bonchev–Trinajstić information content (AvgIpc) is 2.32. The van der Waals surface area contributed by atoms with Crippen LogP contribution in [0.2, 0.25) is 0 Å². The van der Waals surface area contributed by atoms with Gasteiger partial charge in [-0.2, -0.15) is 0 Å². The van der Waals surface area contributed by atoms with Gasteiger partial charge in [0.05, 0.1) is 0 Å². The Morgan fingerprint density at radius 2 is 1.88 bits per heavy atom. The molecule has 5 heteroatoms. The molecule has 5 nitrogen and oxygen atoms in total. The van der Waals surface area contributed by atoms with Crippen molar-refractivity contribution in [2.24, 2.45) is 0 Å². The lowest BCUT2D eigenvalue weighted by Gasteiger charge is -2.37. The molecule has 2 fully saturated rings. The van der Waals surface area contributed by atoms with Crippen LogP contribution in [0.15, 0.2) is 0 Å². The van der Waals surface area contributed by atoms with Gasteiger partial charge in [-0.25, -0.2) is 4.79 Å². The lowest BCUT2D eigenvalue weighted by Crippen LogP contribution is -2.56. The van der Waals surface area contributed by atoms with E-state index in [0.717, 1.165) is 32.1 Å². The van der Waals surface area contributed by atoms with Gasteiger partial charge in [-0.1, -0.05) is 0 Å². The molecule has 1 heterocycles. The molecule has 96 valence electrons. The maximum absolute atomic E-state index is 12.1. The van der Waals surface area contributed by atoms with Crippen molar-refractivity contribution in [3.63, 3.8) is 0 Å². The Kier molecular flexibility index (Phi) is 3.86. The molecule has 0 aromatic carbocycles. The van der Waals surface area contributed by atoms with Crippen molar-refractivity contribution < 1.29 is 9.59 Å². The molecular formula is C12H21N3O2. The van der Waals surface area contributed by atoms with E-state index in [2.05, 4.69) is 10.6 Å². The predicted octanol–water partition coefficient (Wildman–Crippen LogP) is 0.849. The zero-order chi connectivity index (χ0) is 12.3. The van der Waals surface area contributed by atoms with E-state index in [0.29, 0.717) is 12.6 Å². The molecule has 0 spiro atoms. The molecule has 1 saturated carbocycles. The van der Waals surface area contributed by atoms with Gasteiger partial charge in [-0.15, -0.1) is 0 Å². The minimum atomic E-state index is -0.283. The normalized spacial score (nSPS) is 25.0. The number of carbonyl (C=O) groups is 2.